The molecule has 1 atom stereocenters. The highest BCUT2D eigenvalue weighted by Crippen LogP contribution is 2.33. The molecule has 0 saturated carbocycles. The third kappa shape index (κ3) is 2.46. The normalized spacial score (nSPS) is 21.7. The van der Waals surface area contributed by atoms with E-state index >= 15 is 0 Å². The largest absolute Gasteiger partial charge is 0.313 e. The first-order chi connectivity index (χ1) is 8.46. The van der Waals surface area contributed by atoms with E-state index in [2.05, 4.69) is 21.2 Å². The van der Waals surface area contributed by atoms with Crippen LogP contribution in [-0.4, -0.2) is 38.4 Å². The summed E-state index contributed by atoms with van der Waals surface area (Å²) in [6, 6.07) is 3.03. The molecule has 1 unspecified atom stereocenters. The van der Waals surface area contributed by atoms with E-state index in [9.17, 15) is 8.42 Å². The molecule has 5 nitrogen and oxygen atoms in total. The van der Waals surface area contributed by atoms with E-state index < -0.39 is 16.1 Å². The van der Waals surface area contributed by atoms with Gasteiger partial charge in [-0.3, -0.25) is 0 Å². The Morgan fingerprint density at radius 3 is 2.94 bits per heavy atom. The Hall–Kier alpha value is -0.460. The summed E-state index contributed by atoms with van der Waals surface area (Å²) in [6.45, 7) is 3.12. The molecule has 0 spiro atoms. The molecule has 98 valence electrons. The van der Waals surface area contributed by atoms with Gasteiger partial charge in [0.25, 0.3) is 10.0 Å². The molecule has 8 heteroatoms. The fraction of sp³-hybridized carbons (Fsp3) is 0.500. The van der Waals surface area contributed by atoms with Crippen molar-refractivity contribution >= 4 is 37.3 Å². The molecule has 0 bridgehead atoms. The predicted octanol–water partition coefficient (Wildman–Crippen LogP) is 1.31. The average molecular weight is 350 g/mol. The van der Waals surface area contributed by atoms with Crippen LogP contribution in [0.1, 0.15) is 5.56 Å². The minimum Gasteiger partial charge on any atom is -0.313 e. The number of nitriles is 1. The van der Waals surface area contributed by atoms with Crippen molar-refractivity contribution in [1.82, 2.24) is 9.62 Å². The summed E-state index contributed by atoms with van der Waals surface area (Å²) in [4.78, 5) is 0. The van der Waals surface area contributed by atoms with E-state index in [0.717, 1.165) is 9.35 Å². The topological polar surface area (TPSA) is 73.2 Å². The van der Waals surface area contributed by atoms with Gasteiger partial charge in [0.2, 0.25) is 0 Å². The predicted molar refractivity (Wildman–Crippen MR) is 72.9 cm³/mol. The number of thiophene rings is 1. The second-order valence-corrected chi connectivity index (χ2v) is 8.47. The zero-order valence-corrected chi connectivity index (χ0v) is 12.9. The van der Waals surface area contributed by atoms with Gasteiger partial charge in [0.15, 0.2) is 0 Å². The molecule has 1 aliphatic rings. The van der Waals surface area contributed by atoms with E-state index in [1.165, 1.54) is 15.6 Å². The molecule has 0 radical (unpaired) electrons. The number of sulfonamides is 1. The lowest BCUT2D eigenvalue weighted by molar-refractivity contribution is 0.312. The maximum Gasteiger partial charge on any atom is 0.253 e. The van der Waals surface area contributed by atoms with Crippen LogP contribution in [0.3, 0.4) is 0 Å². The molecule has 1 aliphatic heterocycles. The number of nitrogens with one attached hydrogen (secondary N) is 1. The lowest BCUT2D eigenvalue weighted by Crippen LogP contribution is -2.52. The van der Waals surface area contributed by atoms with Crippen LogP contribution >= 0.6 is 27.3 Å². The van der Waals surface area contributed by atoms with Gasteiger partial charge in [-0.1, -0.05) is 0 Å². The first kappa shape index (κ1) is 14.0. The summed E-state index contributed by atoms with van der Waals surface area (Å²) in [7, 11) is -3.57. The summed E-state index contributed by atoms with van der Waals surface area (Å²) >= 11 is 4.51. The smallest absolute Gasteiger partial charge is 0.253 e. The van der Waals surface area contributed by atoms with Crippen LogP contribution in [0.2, 0.25) is 0 Å². The number of piperazine rings is 1. The van der Waals surface area contributed by atoms with Gasteiger partial charge in [0.05, 0.1) is 9.86 Å². The zero-order valence-electron chi connectivity index (χ0n) is 9.68. The zero-order chi connectivity index (χ0) is 13.3. The Morgan fingerprint density at radius 1 is 1.67 bits per heavy atom. The first-order valence-electron chi connectivity index (χ1n) is 5.35. The molecule has 0 aromatic carbocycles. The highest BCUT2D eigenvalue weighted by Gasteiger charge is 2.34. The Morgan fingerprint density at radius 2 is 2.39 bits per heavy atom. The minimum absolute atomic E-state index is 0.286. The van der Waals surface area contributed by atoms with Crippen molar-refractivity contribution in [2.45, 2.75) is 17.2 Å². The summed E-state index contributed by atoms with van der Waals surface area (Å²) in [5, 5.41) is 12.1. The maximum absolute atomic E-state index is 12.5. The van der Waals surface area contributed by atoms with Gasteiger partial charge in [0, 0.05) is 19.6 Å². The number of hydrogen-bond acceptors (Lipinski definition) is 5. The van der Waals surface area contributed by atoms with Crippen LogP contribution in [0, 0.1) is 18.3 Å². The minimum atomic E-state index is -3.57. The molecule has 1 N–H and O–H groups in total. The number of rotatable bonds is 2. The summed E-state index contributed by atoms with van der Waals surface area (Å²) in [5.74, 6) is 0. The van der Waals surface area contributed by atoms with Crippen LogP contribution in [0.5, 0.6) is 0 Å². The molecule has 18 heavy (non-hydrogen) atoms. The van der Waals surface area contributed by atoms with Crippen molar-refractivity contribution < 1.29 is 8.42 Å². The average Bonchev–Trinajstić information content (AvgIpc) is 2.70. The molecule has 1 saturated heterocycles. The fourth-order valence-corrected chi connectivity index (χ4v) is 5.65. The van der Waals surface area contributed by atoms with Gasteiger partial charge in [-0.05, 0) is 34.5 Å². The van der Waals surface area contributed by atoms with E-state index in [4.69, 9.17) is 5.26 Å². The van der Waals surface area contributed by atoms with Crippen LogP contribution < -0.4 is 5.32 Å². The van der Waals surface area contributed by atoms with Gasteiger partial charge in [-0.2, -0.15) is 9.57 Å². The van der Waals surface area contributed by atoms with Crippen LogP contribution in [0.25, 0.3) is 0 Å². The number of aryl methyl sites for hydroxylation is 1. The van der Waals surface area contributed by atoms with Gasteiger partial charge in [-0.25, -0.2) is 8.42 Å². The van der Waals surface area contributed by atoms with Gasteiger partial charge in [-0.15, -0.1) is 11.3 Å². The molecule has 1 aromatic rings. The van der Waals surface area contributed by atoms with Crippen molar-refractivity contribution in [3.05, 3.63) is 15.4 Å². The number of nitrogens with zero attached hydrogens (tertiary/aromatic N) is 2. The number of hydrogen-bond donors (Lipinski definition) is 1. The molecular weight excluding hydrogens is 338 g/mol. The maximum atomic E-state index is 12.5. The Bertz CT molecular complexity index is 571. The van der Waals surface area contributed by atoms with Gasteiger partial charge < -0.3 is 5.32 Å². The van der Waals surface area contributed by atoms with Crippen molar-refractivity contribution in [3.63, 3.8) is 0 Å². The standard InChI is InChI=1S/C10H12BrN3O2S2/c1-7-4-9(17-10(7)11)18(15,16)14-3-2-13-6-8(14)5-12/h4,8,13H,2-3,6H2,1H3. The van der Waals surface area contributed by atoms with E-state index in [1.807, 2.05) is 13.0 Å². The Balaban J connectivity index is 2.38. The lowest BCUT2D eigenvalue weighted by atomic mass is 10.3. The monoisotopic (exact) mass is 349 g/mol. The SMILES string of the molecule is Cc1cc(S(=O)(=O)N2CCNCC2C#N)sc1Br. The third-order valence-electron chi connectivity index (χ3n) is 2.74. The Kier molecular flexibility index (Phi) is 4.08. The lowest BCUT2D eigenvalue weighted by Gasteiger charge is -2.30. The molecule has 2 heterocycles. The second kappa shape index (κ2) is 5.27. The van der Waals surface area contributed by atoms with Crippen LogP contribution in [0.15, 0.2) is 14.1 Å². The molecule has 1 aromatic heterocycles. The van der Waals surface area contributed by atoms with Crippen molar-refractivity contribution in [3.8, 4) is 6.07 Å². The second-order valence-electron chi connectivity index (χ2n) is 3.99. The molecule has 1 fully saturated rings. The third-order valence-corrected chi connectivity index (χ3v) is 7.23. The van der Waals surface area contributed by atoms with Crippen molar-refractivity contribution in [2.75, 3.05) is 19.6 Å². The highest BCUT2D eigenvalue weighted by atomic mass is 79.9. The molecule has 2 rings (SSSR count). The summed E-state index contributed by atoms with van der Waals surface area (Å²) in [5.41, 5.74) is 0.891. The molecule has 0 amide bonds. The van der Waals surface area contributed by atoms with Crippen LogP contribution in [0.4, 0.5) is 0 Å². The quantitative estimate of drug-likeness (QED) is 0.873. The van der Waals surface area contributed by atoms with Crippen LogP contribution in [-0.2, 0) is 10.0 Å². The van der Waals surface area contributed by atoms with Gasteiger partial charge in [0.1, 0.15) is 10.3 Å². The molecule has 0 aliphatic carbocycles. The summed E-state index contributed by atoms with van der Waals surface area (Å²) in [6.07, 6.45) is 0. The van der Waals surface area contributed by atoms with E-state index in [1.54, 1.807) is 6.07 Å². The van der Waals surface area contributed by atoms with E-state index in [-0.39, 0.29) is 4.21 Å². The number of halogens is 1. The Labute approximate surface area is 119 Å². The van der Waals surface area contributed by atoms with E-state index in [0.29, 0.717) is 19.6 Å². The van der Waals surface area contributed by atoms with Crippen molar-refractivity contribution in [1.29, 1.82) is 5.26 Å². The molecular formula is C10H12BrN3O2S2. The van der Waals surface area contributed by atoms with Crippen molar-refractivity contribution in [2.24, 2.45) is 0 Å². The summed E-state index contributed by atoms with van der Waals surface area (Å²) < 4.78 is 27.3. The fourth-order valence-electron chi connectivity index (χ4n) is 1.76. The highest BCUT2D eigenvalue weighted by molar-refractivity contribution is 9.11. The first-order valence-corrected chi connectivity index (χ1v) is 8.40. The van der Waals surface area contributed by atoms with Gasteiger partial charge >= 0.3 is 0 Å².